The maximum atomic E-state index is 12.0. The molecule has 1 aromatic carbocycles. The van der Waals surface area contributed by atoms with E-state index in [2.05, 4.69) is 41.1 Å². The molecule has 0 spiro atoms. The highest BCUT2D eigenvalue weighted by Crippen LogP contribution is 2.28. The molecule has 3 heterocycles. The van der Waals surface area contributed by atoms with Crippen molar-refractivity contribution in [3.8, 4) is 0 Å². The van der Waals surface area contributed by atoms with Gasteiger partial charge < -0.3 is 19.4 Å². The van der Waals surface area contributed by atoms with E-state index in [1.165, 1.54) is 37.8 Å². The number of piperidine rings is 1. The second-order valence-corrected chi connectivity index (χ2v) is 8.32. The molecule has 5 heteroatoms. The third kappa shape index (κ3) is 4.46. The minimum atomic E-state index is 0.261. The quantitative estimate of drug-likeness (QED) is 0.796. The number of carbonyl (C=O) groups excluding carboxylic acids is 1. The SMILES string of the molecule is CN(C[C@@H]1CCCCO1)C1CCN(c2cccc(N3CCCC3=O)c2)CC1. The number of nitrogens with zero attached hydrogens (tertiary/aromatic N) is 3. The number of anilines is 2. The summed E-state index contributed by atoms with van der Waals surface area (Å²) in [5.74, 6) is 0.261. The van der Waals surface area contributed by atoms with Gasteiger partial charge in [0.05, 0.1) is 6.10 Å². The Kier molecular flexibility index (Phi) is 5.98. The largest absolute Gasteiger partial charge is 0.377 e. The summed E-state index contributed by atoms with van der Waals surface area (Å²) in [5, 5.41) is 0. The predicted octanol–water partition coefficient (Wildman–Crippen LogP) is 3.28. The molecule has 5 nitrogen and oxygen atoms in total. The van der Waals surface area contributed by atoms with Gasteiger partial charge in [0.2, 0.25) is 5.91 Å². The molecule has 3 aliphatic rings. The number of amides is 1. The fourth-order valence-electron chi connectivity index (χ4n) is 4.77. The van der Waals surface area contributed by atoms with E-state index in [0.29, 0.717) is 18.6 Å². The molecule has 0 aliphatic carbocycles. The molecule has 27 heavy (non-hydrogen) atoms. The molecule has 0 bridgehead atoms. The monoisotopic (exact) mass is 371 g/mol. The molecule has 3 aliphatic heterocycles. The second kappa shape index (κ2) is 8.61. The van der Waals surface area contributed by atoms with E-state index in [1.54, 1.807) is 0 Å². The molecule has 148 valence electrons. The third-order valence-corrected chi connectivity index (χ3v) is 6.43. The lowest BCUT2D eigenvalue weighted by atomic mass is 10.0. The van der Waals surface area contributed by atoms with Crippen LogP contribution in [0.2, 0.25) is 0 Å². The van der Waals surface area contributed by atoms with Gasteiger partial charge in [-0.1, -0.05) is 6.07 Å². The topological polar surface area (TPSA) is 36.0 Å². The van der Waals surface area contributed by atoms with Crippen LogP contribution in [0.15, 0.2) is 24.3 Å². The van der Waals surface area contributed by atoms with Crippen molar-refractivity contribution in [1.82, 2.24) is 4.90 Å². The highest BCUT2D eigenvalue weighted by atomic mass is 16.5. The first-order valence-electron chi connectivity index (χ1n) is 10.7. The molecule has 1 atom stereocenters. The van der Waals surface area contributed by atoms with E-state index in [0.717, 1.165) is 44.9 Å². The zero-order chi connectivity index (χ0) is 18.6. The lowest BCUT2D eigenvalue weighted by Crippen LogP contribution is -2.46. The lowest BCUT2D eigenvalue weighted by Gasteiger charge is -2.39. The first-order chi connectivity index (χ1) is 13.2. The summed E-state index contributed by atoms with van der Waals surface area (Å²) in [4.78, 5) is 19.0. The average Bonchev–Trinajstić information content (AvgIpc) is 3.15. The Bertz CT molecular complexity index is 636. The third-order valence-electron chi connectivity index (χ3n) is 6.43. The van der Waals surface area contributed by atoms with E-state index in [9.17, 15) is 4.79 Å². The van der Waals surface area contributed by atoms with Crippen molar-refractivity contribution in [3.05, 3.63) is 24.3 Å². The number of rotatable bonds is 5. The zero-order valence-electron chi connectivity index (χ0n) is 16.6. The lowest BCUT2D eigenvalue weighted by molar-refractivity contribution is -0.117. The second-order valence-electron chi connectivity index (χ2n) is 8.32. The Morgan fingerprint density at radius 1 is 1.07 bits per heavy atom. The van der Waals surface area contributed by atoms with Crippen molar-refractivity contribution in [3.63, 3.8) is 0 Å². The van der Waals surface area contributed by atoms with Crippen LogP contribution in [0.1, 0.15) is 44.9 Å². The Morgan fingerprint density at radius 2 is 1.89 bits per heavy atom. The van der Waals surface area contributed by atoms with E-state index < -0.39 is 0 Å². The summed E-state index contributed by atoms with van der Waals surface area (Å²) in [7, 11) is 2.26. The Morgan fingerprint density at radius 3 is 2.59 bits per heavy atom. The van der Waals surface area contributed by atoms with E-state index in [4.69, 9.17) is 4.74 Å². The van der Waals surface area contributed by atoms with Crippen molar-refractivity contribution in [1.29, 1.82) is 0 Å². The van der Waals surface area contributed by atoms with Crippen molar-refractivity contribution >= 4 is 17.3 Å². The predicted molar refractivity (Wildman–Crippen MR) is 109 cm³/mol. The number of carbonyl (C=O) groups is 1. The smallest absolute Gasteiger partial charge is 0.227 e. The van der Waals surface area contributed by atoms with Crippen LogP contribution >= 0.6 is 0 Å². The summed E-state index contributed by atoms with van der Waals surface area (Å²) in [6.07, 6.45) is 8.22. The molecule has 0 unspecified atom stereocenters. The highest BCUT2D eigenvalue weighted by molar-refractivity contribution is 5.95. The van der Waals surface area contributed by atoms with Crippen LogP contribution in [0.4, 0.5) is 11.4 Å². The van der Waals surface area contributed by atoms with Gasteiger partial charge in [0.1, 0.15) is 0 Å². The highest BCUT2D eigenvalue weighted by Gasteiger charge is 2.26. The number of ether oxygens (including phenoxy) is 1. The normalized spacial score (nSPS) is 24.8. The first kappa shape index (κ1) is 18.8. The van der Waals surface area contributed by atoms with Crippen LogP contribution in [0, 0.1) is 0 Å². The van der Waals surface area contributed by atoms with E-state index in [1.807, 2.05) is 4.90 Å². The molecule has 0 N–H and O–H groups in total. The average molecular weight is 372 g/mol. The van der Waals surface area contributed by atoms with Gasteiger partial charge in [-0.3, -0.25) is 4.79 Å². The van der Waals surface area contributed by atoms with Gasteiger partial charge in [-0.05, 0) is 63.8 Å². The van der Waals surface area contributed by atoms with Crippen molar-refractivity contribution in [2.45, 2.75) is 57.1 Å². The van der Waals surface area contributed by atoms with Gasteiger partial charge in [-0.25, -0.2) is 0 Å². The van der Waals surface area contributed by atoms with Gasteiger partial charge in [0.15, 0.2) is 0 Å². The molecular weight excluding hydrogens is 338 g/mol. The molecule has 1 aromatic rings. The molecule has 3 fully saturated rings. The number of benzene rings is 1. The molecule has 0 saturated carbocycles. The molecule has 1 amide bonds. The number of hydrogen-bond acceptors (Lipinski definition) is 4. The van der Waals surface area contributed by atoms with E-state index >= 15 is 0 Å². The standard InChI is InChI=1S/C22H33N3O2/c1-23(17-21-8-2-3-15-27-21)18-10-13-24(14-11-18)19-6-4-7-20(16-19)25-12-5-9-22(25)26/h4,6-7,16,18,21H,2-3,5,8-15,17H2,1H3/t21-/m0/s1. The number of hydrogen-bond donors (Lipinski definition) is 0. The zero-order valence-corrected chi connectivity index (χ0v) is 16.6. The molecule has 3 saturated heterocycles. The van der Waals surface area contributed by atoms with E-state index in [-0.39, 0.29) is 5.91 Å². The van der Waals surface area contributed by atoms with Crippen LogP contribution in [-0.2, 0) is 9.53 Å². The Labute approximate surface area is 163 Å². The van der Waals surface area contributed by atoms with Crippen molar-refractivity contribution in [2.24, 2.45) is 0 Å². The Hall–Kier alpha value is -1.59. The minimum Gasteiger partial charge on any atom is -0.377 e. The maximum Gasteiger partial charge on any atom is 0.227 e. The summed E-state index contributed by atoms with van der Waals surface area (Å²) in [6.45, 7) is 5.03. The van der Waals surface area contributed by atoms with Gasteiger partial charge in [-0.2, -0.15) is 0 Å². The molecule has 4 rings (SSSR count). The van der Waals surface area contributed by atoms with Crippen molar-refractivity contribution in [2.75, 3.05) is 49.6 Å². The minimum absolute atomic E-state index is 0.261. The van der Waals surface area contributed by atoms with Crippen LogP contribution < -0.4 is 9.80 Å². The fourth-order valence-corrected chi connectivity index (χ4v) is 4.77. The first-order valence-corrected chi connectivity index (χ1v) is 10.7. The van der Waals surface area contributed by atoms with Gasteiger partial charge >= 0.3 is 0 Å². The summed E-state index contributed by atoms with van der Waals surface area (Å²) in [5.41, 5.74) is 2.31. The van der Waals surface area contributed by atoms with Crippen LogP contribution in [0.3, 0.4) is 0 Å². The van der Waals surface area contributed by atoms with Crippen LogP contribution in [0.5, 0.6) is 0 Å². The van der Waals surface area contributed by atoms with Gasteiger partial charge in [0, 0.05) is 56.6 Å². The molecule has 0 aromatic heterocycles. The van der Waals surface area contributed by atoms with Gasteiger partial charge in [0.25, 0.3) is 0 Å². The summed E-state index contributed by atoms with van der Waals surface area (Å²) >= 11 is 0. The van der Waals surface area contributed by atoms with Crippen LogP contribution in [-0.4, -0.2) is 62.8 Å². The number of likely N-dealkylation sites (N-methyl/N-ethyl adjacent to an activating group) is 1. The van der Waals surface area contributed by atoms with Gasteiger partial charge in [-0.15, -0.1) is 0 Å². The van der Waals surface area contributed by atoms with Crippen molar-refractivity contribution < 1.29 is 9.53 Å². The molecule has 0 radical (unpaired) electrons. The summed E-state index contributed by atoms with van der Waals surface area (Å²) in [6, 6.07) is 9.19. The molecular formula is C22H33N3O2. The maximum absolute atomic E-state index is 12.0. The summed E-state index contributed by atoms with van der Waals surface area (Å²) < 4.78 is 5.92. The Balaban J connectivity index is 1.31. The van der Waals surface area contributed by atoms with Crippen LogP contribution in [0.25, 0.3) is 0 Å². The fraction of sp³-hybridized carbons (Fsp3) is 0.682.